The van der Waals surface area contributed by atoms with Gasteiger partial charge in [-0.05, 0) is 37.5 Å². The number of nitrogens with zero attached hydrogens (tertiary/aromatic N) is 6. The number of pyridine rings is 3. The van der Waals surface area contributed by atoms with Crippen LogP contribution in [-0.2, 0) is 4.79 Å². The van der Waals surface area contributed by atoms with Gasteiger partial charge < -0.3 is 15.5 Å². The summed E-state index contributed by atoms with van der Waals surface area (Å²) in [5.41, 5.74) is 2.34. The Hall–Kier alpha value is -3.82. The molecule has 2 N–H and O–H groups in total. The molecule has 6 rings (SSSR count). The number of nitrogens with one attached hydrogen (secondary N) is 2. The molecule has 10 heteroatoms. The lowest BCUT2D eigenvalue weighted by molar-refractivity contribution is -0.117. The van der Waals surface area contributed by atoms with Gasteiger partial charge in [0.1, 0.15) is 17.8 Å². The Balaban J connectivity index is 1.42. The summed E-state index contributed by atoms with van der Waals surface area (Å²) in [6, 6.07) is 5.68. The molecule has 0 spiro atoms. The first kappa shape index (κ1) is 19.8. The third-order valence-electron chi connectivity index (χ3n) is 6.26. The molecule has 5 heterocycles. The summed E-state index contributed by atoms with van der Waals surface area (Å²) in [5, 5.41) is 12.3. The van der Waals surface area contributed by atoms with Gasteiger partial charge in [-0.25, -0.2) is 23.9 Å². The van der Waals surface area contributed by atoms with E-state index in [1.807, 2.05) is 29.3 Å². The van der Waals surface area contributed by atoms with E-state index in [9.17, 15) is 9.18 Å². The van der Waals surface area contributed by atoms with Crippen LogP contribution in [0.5, 0.6) is 0 Å². The first-order valence-electron chi connectivity index (χ1n) is 11.1. The lowest BCUT2D eigenvalue weighted by atomic mass is 10.1. The zero-order chi connectivity index (χ0) is 22.5. The molecule has 1 atom stereocenters. The summed E-state index contributed by atoms with van der Waals surface area (Å²) in [5.74, 6) is 1.78. The van der Waals surface area contributed by atoms with Crippen LogP contribution < -0.4 is 15.5 Å². The van der Waals surface area contributed by atoms with Gasteiger partial charge in [-0.3, -0.25) is 4.79 Å². The number of halogens is 1. The number of alkyl halides is 1. The fourth-order valence-electron chi connectivity index (χ4n) is 4.28. The zero-order valence-corrected chi connectivity index (χ0v) is 18.1. The summed E-state index contributed by atoms with van der Waals surface area (Å²) in [6.07, 6.45) is 6.91. The molecule has 168 valence electrons. The van der Waals surface area contributed by atoms with E-state index >= 15 is 0 Å². The second-order valence-corrected chi connectivity index (χ2v) is 8.61. The van der Waals surface area contributed by atoms with E-state index in [1.165, 1.54) is 0 Å². The third-order valence-corrected chi connectivity index (χ3v) is 6.26. The van der Waals surface area contributed by atoms with Crippen LogP contribution in [0.3, 0.4) is 0 Å². The van der Waals surface area contributed by atoms with Gasteiger partial charge in [0, 0.05) is 54.8 Å². The monoisotopic (exact) mass is 446 g/mol. The molecule has 2 fully saturated rings. The topological polar surface area (TPSA) is 100 Å². The summed E-state index contributed by atoms with van der Waals surface area (Å²) in [6.45, 7) is 1.09. The van der Waals surface area contributed by atoms with Crippen molar-refractivity contribution in [2.75, 3.05) is 35.7 Å². The highest BCUT2D eigenvalue weighted by molar-refractivity contribution is 6.03. The van der Waals surface area contributed by atoms with E-state index in [0.717, 1.165) is 34.9 Å². The Morgan fingerprint density at radius 3 is 2.79 bits per heavy atom. The zero-order valence-electron chi connectivity index (χ0n) is 18.1. The second-order valence-electron chi connectivity index (χ2n) is 8.61. The minimum absolute atomic E-state index is 0.00196. The summed E-state index contributed by atoms with van der Waals surface area (Å²) in [4.78, 5) is 27.9. The van der Waals surface area contributed by atoms with Crippen molar-refractivity contribution in [1.82, 2.24) is 24.6 Å². The molecule has 1 aliphatic heterocycles. The molecule has 1 saturated carbocycles. The Kier molecular flexibility index (Phi) is 4.60. The van der Waals surface area contributed by atoms with Gasteiger partial charge in [0.15, 0.2) is 11.5 Å². The maximum Gasteiger partial charge on any atom is 0.228 e. The number of rotatable bonds is 5. The molecule has 0 bridgehead atoms. The Bertz CT molecular complexity index is 1380. The number of hydrogen-bond acceptors (Lipinski definition) is 7. The molecule has 0 aromatic carbocycles. The van der Waals surface area contributed by atoms with E-state index in [1.54, 1.807) is 24.0 Å². The smallest absolute Gasteiger partial charge is 0.228 e. The first-order valence-corrected chi connectivity index (χ1v) is 11.1. The lowest BCUT2D eigenvalue weighted by Gasteiger charge is -2.16. The van der Waals surface area contributed by atoms with Gasteiger partial charge in [0.2, 0.25) is 5.91 Å². The van der Waals surface area contributed by atoms with E-state index in [0.29, 0.717) is 42.6 Å². The highest BCUT2D eigenvalue weighted by Gasteiger charge is 2.30. The van der Waals surface area contributed by atoms with Crippen LogP contribution in [0.2, 0.25) is 0 Å². The maximum atomic E-state index is 13.6. The fraction of sp³-hybridized carbons (Fsp3) is 0.348. The normalized spacial score (nSPS) is 18.2. The number of anilines is 3. The number of fused-ring (bicyclic) bond motifs is 2. The Morgan fingerprint density at radius 1 is 1.15 bits per heavy atom. The highest BCUT2D eigenvalue weighted by atomic mass is 19.1. The van der Waals surface area contributed by atoms with E-state index < -0.39 is 6.17 Å². The second kappa shape index (κ2) is 7.65. The number of amides is 1. The predicted molar refractivity (Wildman–Crippen MR) is 124 cm³/mol. The van der Waals surface area contributed by atoms with E-state index in [4.69, 9.17) is 4.98 Å². The molecule has 4 aromatic rings. The van der Waals surface area contributed by atoms with Crippen molar-refractivity contribution in [2.45, 2.75) is 25.4 Å². The Morgan fingerprint density at radius 2 is 2.03 bits per heavy atom. The number of carbonyl (C=O) groups is 1. The van der Waals surface area contributed by atoms with Gasteiger partial charge in [-0.15, -0.1) is 5.10 Å². The van der Waals surface area contributed by atoms with Crippen LogP contribution in [0, 0.1) is 5.92 Å². The summed E-state index contributed by atoms with van der Waals surface area (Å²) >= 11 is 0. The van der Waals surface area contributed by atoms with Crippen molar-refractivity contribution in [2.24, 2.45) is 5.92 Å². The minimum Gasteiger partial charge on any atom is -0.373 e. The SMILES string of the molecule is CNc1ncc(-c2nc3ccc(N4CCC(F)C4)cn3n2)c2cc(NC(=O)C3CC3)ncc12. The molecule has 9 nitrogen and oxygen atoms in total. The van der Waals surface area contributed by atoms with Crippen molar-refractivity contribution in [1.29, 1.82) is 0 Å². The first-order chi connectivity index (χ1) is 16.1. The molecule has 1 amide bonds. The van der Waals surface area contributed by atoms with Gasteiger partial charge in [-0.2, -0.15) is 0 Å². The van der Waals surface area contributed by atoms with Crippen molar-refractivity contribution in [3.63, 3.8) is 0 Å². The standard InChI is InChI=1S/C23H23FN8O/c1-25-21-17-9-26-19(28-23(33)13-2-3-13)8-16(17)18(10-27-21)22-29-20-5-4-15(12-32(20)30-22)31-7-6-14(24)11-31/h4-5,8-10,12-14H,2-3,6-7,11H2,1H3,(H,25,27)(H,26,28,33). The molecule has 1 unspecified atom stereocenters. The van der Waals surface area contributed by atoms with Gasteiger partial charge in [-0.1, -0.05) is 0 Å². The van der Waals surface area contributed by atoms with Crippen molar-refractivity contribution in [3.05, 3.63) is 36.8 Å². The molecule has 2 aliphatic rings. The van der Waals surface area contributed by atoms with Crippen LogP contribution in [-0.4, -0.2) is 56.8 Å². The molecule has 0 radical (unpaired) electrons. The van der Waals surface area contributed by atoms with Crippen LogP contribution in [0.25, 0.3) is 27.8 Å². The minimum atomic E-state index is -0.793. The average molecular weight is 446 g/mol. The Labute approximate surface area is 189 Å². The number of aromatic nitrogens is 5. The van der Waals surface area contributed by atoms with Gasteiger partial charge >= 0.3 is 0 Å². The number of hydrogen-bond donors (Lipinski definition) is 2. The molecule has 1 saturated heterocycles. The summed E-state index contributed by atoms with van der Waals surface area (Å²) < 4.78 is 15.4. The fourth-order valence-corrected chi connectivity index (χ4v) is 4.28. The molecule has 33 heavy (non-hydrogen) atoms. The predicted octanol–water partition coefficient (Wildman–Crippen LogP) is 3.28. The number of carbonyl (C=O) groups excluding carboxylic acids is 1. The molecular weight excluding hydrogens is 423 g/mol. The van der Waals surface area contributed by atoms with E-state index in [2.05, 4.69) is 25.7 Å². The average Bonchev–Trinajstić information content (AvgIpc) is 3.46. The third kappa shape index (κ3) is 3.61. The van der Waals surface area contributed by atoms with E-state index in [-0.39, 0.29) is 11.8 Å². The van der Waals surface area contributed by atoms with Gasteiger partial charge in [0.25, 0.3) is 0 Å². The molecular formula is C23H23FN8O. The van der Waals surface area contributed by atoms with Crippen molar-refractivity contribution in [3.8, 4) is 11.4 Å². The van der Waals surface area contributed by atoms with Gasteiger partial charge in [0.05, 0.1) is 11.9 Å². The summed E-state index contributed by atoms with van der Waals surface area (Å²) in [7, 11) is 1.80. The lowest BCUT2D eigenvalue weighted by Crippen LogP contribution is -2.20. The van der Waals surface area contributed by atoms with Crippen molar-refractivity contribution >= 4 is 39.6 Å². The van der Waals surface area contributed by atoms with Crippen molar-refractivity contribution < 1.29 is 9.18 Å². The van der Waals surface area contributed by atoms with Crippen LogP contribution >= 0.6 is 0 Å². The molecule has 4 aromatic heterocycles. The van der Waals surface area contributed by atoms with Crippen LogP contribution in [0.4, 0.5) is 21.7 Å². The maximum absolute atomic E-state index is 13.6. The highest BCUT2D eigenvalue weighted by Crippen LogP contribution is 2.33. The molecule has 1 aliphatic carbocycles. The van der Waals surface area contributed by atoms with Crippen LogP contribution in [0.1, 0.15) is 19.3 Å². The quantitative estimate of drug-likeness (QED) is 0.485. The van der Waals surface area contributed by atoms with Crippen LogP contribution in [0.15, 0.2) is 36.8 Å². The largest absolute Gasteiger partial charge is 0.373 e.